The fourth-order valence-electron chi connectivity index (χ4n) is 5.90. The van der Waals surface area contributed by atoms with Gasteiger partial charge in [0.2, 0.25) is 0 Å². The third-order valence-electron chi connectivity index (χ3n) is 7.75. The molecule has 2 saturated carbocycles. The number of hydrogen-bond donors (Lipinski definition) is 4. The molecule has 6 rings (SSSR count). The van der Waals surface area contributed by atoms with Gasteiger partial charge in [-0.15, -0.1) is 0 Å². The zero-order valence-corrected chi connectivity index (χ0v) is 22.5. The lowest BCUT2D eigenvalue weighted by molar-refractivity contribution is -0.127. The first-order chi connectivity index (χ1) is 18.2. The van der Waals surface area contributed by atoms with Gasteiger partial charge in [0, 0.05) is 23.7 Å². The summed E-state index contributed by atoms with van der Waals surface area (Å²) in [5.41, 5.74) is 9.49. The zero-order chi connectivity index (χ0) is 26.7. The molecule has 0 amide bonds. The molecule has 3 heterocycles. The normalized spacial score (nSPS) is 20.1. The molecule has 8 heteroatoms. The molecular weight excluding hydrogens is 476 g/mol. The van der Waals surface area contributed by atoms with Gasteiger partial charge in [0.25, 0.3) is 0 Å². The minimum atomic E-state index is -1.50. The van der Waals surface area contributed by atoms with Crippen molar-refractivity contribution >= 4 is 33.6 Å². The van der Waals surface area contributed by atoms with Crippen LogP contribution < -0.4 is 11.1 Å². The van der Waals surface area contributed by atoms with Crippen LogP contribution in [0.1, 0.15) is 76.8 Å². The lowest BCUT2D eigenvalue weighted by Crippen LogP contribution is -2.15. The van der Waals surface area contributed by atoms with Crippen molar-refractivity contribution < 1.29 is 10.2 Å². The van der Waals surface area contributed by atoms with Crippen molar-refractivity contribution in [2.75, 3.05) is 11.1 Å². The van der Waals surface area contributed by atoms with Crippen molar-refractivity contribution in [1.82, 2.24) is 19.5 Å². The molecule has 0 spiro atoms. The van der Waals surface area contributed by atoms with E-state index in [2.05, 4.69) is 62.4 Å². The van der Waals surface area contributed by atoms with Crippen LogP contribution in [-0.2, 0) is 6.42 Å². The van der Waals surface area contributed by atoms with Crippen LogP contribution in [0.4, 0.5) is 11.6 Å². The highest BCUT2D eigenvalue weighted by Gasteiger charge is 2.27. The molecule has 4 aromatic rings. The molecule has 8 nitrogen and oxygen atoms in total. The number of anilines is 2. The Morgan fingerprint density at radius 1 is 1.03 bits per heavy atom. The Morgan fingerprint density at radius 2 is 1.79 bits per heavy atom. The number of hydrogen-bond acceptors (Lipinski definition) is 7. The second-order valence-electron chi connectivity index (χ2n) is 11.4. The Morgan fingerprint density at radius 3 is 2.58 bits per heavy atom. The Kier molecular flexibility index (Phi) is 7.81. The third-order valence-corrected chi connectivity index (χ3v) is 7.75. The summed E-state index contributed by atoms with van der Waals surface area (Å²) in [6.07, 6.45) is 14.9. The predicted molar refractivity (Wildman–Crippen MR) is 153 cm³/mol. The summed E-state index contributed by atoms with van der Waals surface area (Å²) >= 11 is 0. The van der Waals surface area contributed by atoms with Crippen molar-refractivity contribution in [2.24, 2.45) is 5.92 Å². The van der Waals surface area contributed by atoms with Crippen molar-refractivity contribution in [3.8, 4) is 0 Å². The van der Waals surface area contributed by atoms with Gasteiger partial charge in [-0.25, -0.2) is 15.0 Å². The predicted octanol–water partition coefficient (Wildman–Crippen LogP) is 5.60. The molecule has 0 saturated heterocycles. The first-order valence-corrected chi connectivity index (χ1v) is 13.9. The Balaban J connectivity index is 0.000000540. The highest BCUT2D eigenvalue weighted by Crippen LogP contribution is 2.39. The Hall–Kier alpha value is -3.23. The lowest BCUT2D eigenvalue weighted by Gasteiger charge is -2.15. The maximum absolute atomic E-state index is 8.08. The number of nitrogen functional groups attached to an aromatic ring is 1. The first kappa shape index (κ1) is 26.4. The monoisotopic (exact) mass is 516 g/mol. The van der Waals surface area contributed by atoms with Crippen LogP contribution in [0.15, 0.2) is 48.9 Å². The molecule has 2 aliphatic rings. The van der Waals surface area contributed by atoms with Crippen LogP contribution in [0.25, 0.3) is 21.9 Å². The second kappa shape index (κ2) is 11.3. The van der Waals surface area contributed by atoms with Crippen molar-refractivity contribution in [3.63, 3.8) is 0 Å². The number of nitrogens with one attached hydrogen (secondary N) is 1. The van der Waals surface area contributed by atoms with E-state index in [1.807, 2.05) is 0 Å². The highest BCUT2D eigenvalue weighted by atomic mass is 16.5. The molecule has 0 bridgehead atoms. The summed E-state index contributed by atoms with van der Waals surface area (Å²) in [5.74, 6) is 0.832. The average molecular weight is 517 g/mol. The molecule has 202 valence electrons. The topological polar surface area (TPSA) is 122 Å². The fourth-order valence-corrected chi connectivity index (χ4v) is 5.90. The quantitative estimate of drug-likeness (QED) is 0.246. The van der Waals surface area contributed by atoms with Gasteiger partial charge in [-0.05, 0) is 94.5 Å². The van der Waals surface area contributed by atoms with Crippen molar-refractivity contribution in [1.29, 1.82) is 0 Å². The van der Waals surface area contributed by atoms with E-state index >= 15 is 0 Å². The Bertz CT molecular complexity index is 1370. The summed E-state index contributed by atoms with van der Waals surface area (Å²) in [6, 6.07) is 14.3. The molecule has 38 heavy (non-hydrogen) atoms. The highest BCUT2D eigenvalue weighted by molar-refractivity contribution is 5.86. The van der Waals surface area contributed by atoms with Gasteiger partial charge >= 0.3 is 0 Å². The minimum absolute atomic E-state index is 0.504. The molecule has 1 aromatic carbocycles. The molecule has 0 radical (unpaired) electrons. The van der Waals surface area contributed by atoms with E-state index in [4.69, 9.17) is 20.9 Å². The van der Waals surface area contributed by atoms with E-state index < -0.39 is 5.79 Å². The van der Waals surface area contributed by atoms with Crippen molar-refractivity contribution in [2.45, 2.75) is 89.5 Å². The molecule has 2 atom stereocenters. The molecule has 3 aromatic heterocycles. The zero-order valence-electron chi connectivity index (χ0n) is 22.5. The smallest absolute Gasteiger partial charge is 0.156 e. The molecule has 2 aliphatic carbocycles. The van der Waals surface area contributed by atoms with Crippen LogP contribution in [0, 0.1) is 5.92 Å². The average Bonchev–Trinajstić information content (AvgIpc) is 3.63. The molecule has 5 N–H and O–H groups in total. The molecule has 0 aliphatic heterocycles. The van der Waals surface area contributed by atoms with Gasteiger partial charge in [-0.1, -0.05) is 25.0 Å². The number of pyridine rings is 1. The van der Waals surface area contributed by atoms with E-state index in [0.29, 0.717) is 17.9 Å². The second-order valence-corrected chi connectivity index (χ2v) is 11.4. The molecule has 2 fully saturated rings. The van der Waals surface area contributed by atoms with E-state index in [0.717, 1.165) is 34.7 Å². The number of benzene rings is 1. The third kappa shape index (κ3) is 6.60. The van der Waals surface area contributed by atoms with Gasteiger partial charge < -0.3 is 25.8 Å². The van der Waals surface area contributed by atoms with E-state index in [-0.39, 0.29) is 0 Å². The number of rotatable bonds is 6. The van der Waals surface area contributed by atoms with Crippen LogP contribution in [0.3, 0.4) is 0 Å². The number of aryl methyl sites for hydroxylation is 1. The summed E-state index contributed by atoms with van der Waals surface area (Å²) < 4.78 is 2.31. The summed E-state index contributed by atoms with van der Waals surface area (Å²) in [5, 5.41) is 22.0. The fraction of sp³-hybridized carbons (Fsp3) is 0.500. The van der Waals surface area contributed by atoms with Crippen LogP contribution in [-0.4, -0.2) is 41.6 Å². The minimum Gasteiger partial charge on any atom is -0.383 e. The first-order valence-electron chi connectivity index (χ1n) is 13.9. The van der Waals surface area contributed by atoms with E-state index in [1.54, 1.807) is 6.33 Å². The van der Waals surface area contributed by atoms with Gasteiger partial charge in [-0.3, -0.25) is 0 Å². The van der Waals surface area contributed by atoms with Gasteiger partial charge in [0.1, 0.15) is 23.6 Å². The number of fused-ring (bicyclic) bond motifs is 2. The van der Waals surface area contributed by atoms with Gasteiger partial charge in [0.15, 0.2) is 5.79 Å². The molecule has 2 unspecified atom stereocenters. The summed E-state index contributed by atoms with van der Waals surface area (Å²) in [7, 11) is 0. The number of nitrogens with two attached hydrogens (primary N) is 1. The van der Waals surface area contributed by atoms with Gasteiger partial charge in [0.05, 0.1) is 10.9 Å². The van der Waals surface area contributed by atoms with E-state index in [1.165, 1.54) is 76.2 Å². The maximum Gasteiger partial charge on any atom is 0.156 e. The maximum atomic E-state index is 8.08. The summed E-state index contributed by atoms with van der Waals surface area (Å²) in [4.78, 5) is 13.5. The largest absolute Gasteiger partial charge is 0.383 e. The Labute approximate surface area is 224 Å². The number of nitrogens with zero attached hydrogens (tertiary/aromatic N) is 4. The SMILES string of the molecule is CC(C)(O)O.Nc1ncnc2c1ccn2C1CCC(CCc2ccc3ccc(NC4CCCC4)nc3c2)C1. The number of aromatic nitrogens is 4. The van der Waals surface area contributed by atoms with Crippen LogP contribution in [0.2, 0.25) is 0 Å². The van der Waals surface area contributed by atoms with Crippen LogP contribution >= 0.6 is 0 Å². The number of aliphatic hydroxyl groups is 2. The standard InChI is InChI=1S/C27H32N6.C3H8O2/c28-26-23-13-14-33(27(23)30-17-29-26)22-11-8-18(15-22)5-6-19-7-9-20-10-12-25(32-24(20)16-19)31-21-3-1-2-4-21;1-3(2,4)5/h7,9-10,12-14,16-18,21-22H,1-6,8,11,15H2,(H,31,32)(H2,28,29,30);4-5H,1-2H3. The molecular formula is C30H40N6O2. The van der Waals surface area contributed by atoms with Crippen LogP contribution in [0.5, 0.6) is 0 Å². The van der Waals surface area contributed by atoms with Crippen molar-refractivity contribution in [3.05, 3.63) is 54.5 Å². The summed E-state index contributed by atoms with van der Waals surface area (Å²) in [6.45, 7) is 2.60. The van der Waals surface area contributed by atoms with Gasteiger partial charge in [-0.2, -0.15) is 0 Å². The lowest BCUT2D eigenvalue weighted by atomic mass is 9.97. The van der Waals surface area contributed by atoms with E-state index in [9.17, 15) is 0 Å².